The monoisotopic (exact) mass is 207 g/mol. The van der Waals surface area contributed by atoms with E-state index in [-0.39, 0.29) is 0 Å². The van der Waals surface area contributed by atoms with Crippen molar-refractivity contribution in [3.8, 4) is 0 Å². The molecule has 4 nitrogen and oxygen atoms in total. The molecule has 1 aromatic rings. The van der Waals surface area contributed by atoms with Crippen LogP contribution in [0.25, 0.3) is 0 Å². The molecule has 2 aliphatic rings. The van der Waals surface area contributed by atoms with Crippen LogP contribution >= 0.6 is 0 Å². The first-order chi connectivity index (χ1) is 7.33. The fraction of sp³-hybridized carbons (Fsp3) is 0.727. The van der Waals surface area contributed by atoms with Gasteiger partial charge in [-0.1, -0.05) is 5.16 Å². The minimum absolute atomic E-state index is 0.757. The molecule has 0 bridgehead atoms. The Bertz CT molecular complexity index is 361. The molecule has 0 radical (unpaired) electrons. The topological polar surface area (TPSA) is 41.3 Å². The fourth-order valence-electron chi connectivity index (χ4n) is 2.64. The van der Waals surface area contributed by atoms with E-state index in [1.54, 1.807) is 0 Å². The minimum atomic E-state index is 0.757. The molecular weight excluding hydrogens is 190 g/mol. The lowest BCUT2D eigenvalue weighted by Gasteiger charge is -2.08. The molecule has 3 rings (SSSR count). The maximum Gasteiger partial charge on any atom is 0.141 e. The summed E-state index contributed by atoms with van der Waals surface area (Å²) in [5.41, 5.74) is 2.45. The maximum absolute atomic E-state index is 5.43. The minimum Gasteiger partial charge on any atom is -0.361 e. The van der Waals surface area contributed by atoms with E-state index in [0.29, 0.717) is 0 Å². The highest BCUT2D eigenvalue weighted by molar-refractivity contribution is 5.26. The van der Waals surface area contributed by atoms with Crippen molar-refractivity contribution in [2.75, 3.05) is 20.1 Å². The Labute approximate surface area is 89.6 Å². The Morgan fingerprint density at radius 1 is 1.53 bits per heavy atom. The summed E-state index contributed by atoms with van der Waals surface area (Å²) in [4.78, 5) is 2.39. The van der Waals surface area contributed by atoms with Gasteiger partial charge in [0.1, 0.15) is 11.5 Å². The van der Waals surface area contributed by atoms with Gasteiger partial charge in [0, 0.05) is 31.6 Å². The quantitative estimate of drug-likeness (QED) is 0.778. The van der Waals surface area contributed by atoms with Crippen molar-refractivity contribution in [2.24, 2.45) is 5.92 Å². The normalized spacial score (nSPS) is 26.1. The zero-order valence-corrected chi connectivity index (χ0v) is 9.12. The van der Waals surface area contributed by atoms with Crippen molar-refractivity contribution < 1.29 is 4.52 Å². The SMILES string of the molecule is CN1CCC(Cc2onc3c2CNC3)C1. The smallest absolute Gasteiger partial charge is 0.141 e. The molecule has 1 unspecified atom stereocenters. The van der Waals surface area contributed by atoms with Gasteiger partial charge in [-0.05, 0) is 25.9 Å². The maximum atomic E-state index is 5.43. The van der Waals surface area contributed by atoms with Gasteiger partial charge in [-0.15, -0.1) is 0 Å². The highest BCUT2D eigenvalue weighted by Crippen LogP contribution is 2.25. The van der Waals surface area contributed by atoms with Crippen molar-refractivity contribution >= 4 is 0 Å². The van der Waals surface area contributed by atoms with Crippen molar-refractivity contribution in [1.82, 2.24) is 15.4 Å². The number of fused-ring (bicyclic) bond motifs is 1. The second-order valence-electron chi connectivity index (χ2n) is 4.76. The molecule has 0 saturated carbocycles. The zero-order valence-electron chi connectivity index (χ0n) is 9.12. The molecule has 3 heterocycles. The van der Waals surface area contributed by atoms with Gasteiger partial charge in [0.25, 0.3) is 0 Å². The average molecular weight is 207 g/mol. The van der Waals surface area contributed by atoms with Crippen molar-refractivity contribution in [3.63, 3.8) is 0 Å². The molecule has 0 spiro atoms. The third-order valence-corrected chi connectivity index (χ3v) is 3.51. The van der Waals surface area contributed by atoms with Crippen LogP contribution in [-0.4, -0.2) is 30.2 Å². The summed E-state index contributed by atoms with van der Waals surface area (Å²) in [6.45, 7) is 4.24. The Hall–Kier alpha value is -0.870. The van der Waals surface area contributed by atoms with Gasteiger partial charge in [0.05, 0.1) is 0 Å². The summed E-state index contributed by atoms with van der Waals surface area (Å²) < 4.78 is 5.43. The van der Waals surface area contributed by atoms with Crippen LogP contribution in [0.5, 0.6) is 0 Å². The summed E-state index contributed by atoms with van der Waals surface area (Å²) in [6.07, 6.45) is 2.35. The molecule has 1 saturated heterocycles. The van der Waals surface area contributed by atoms with Crippen LogP contribution in [0, 0.1) is 5.92 Å². The third-order valence-electron chi connectivity index (χ3n) is 3.51. The molecule has 0 amide bonds. The van der Waals surface area contributed by atoms with Crippen molar-refractivity contribution in [2.45, 2.75) is 25.9 Å². The lowest BCUT2D eigenvalue weighted by atomic mass is 10.0. The summed E-state index contributed by atoms with van der Waals surface area (Å²) >= 11 is 0. The van der Waals surface area contributed by atoms with E-state index in [1.807, 2.05) is 0 Å². The Balaban J connectivity index is 1.72. The van der Waals surface area contributed by atoms with E-state index in [1.165, 1.54) is 25.1 Å². The van der Waals surface area contributed by atoms with E-state index >= 15 is 0 Å². The lowest BCUT2D eigenvalue weighted by molar-refractivity contribution is 0.340. The molecule has 1 N–H and O–H groups in total. The van der Waals surface area contributed by atoms with Gasteiger partial charge in [-0.3, -0.25) is 0 Å². The largest absolute Gasteiger partial charge is 0.361 e. The first kappa shape index (κ1) is 9.36. The van der Waals surface area contributed by atoms with E-state index in [9.17, 15) is 0 Å². The Morgan fingerprint density at radius 2 is 2.47 bits per heavy atom. The molecule has 0 aromatic carbocycles. The number of hydrogen-bond donors (Lipinski definition) is 1. The molecule has 0 aliphatic carbocycles. The molecule has 2 aliphatic heterocycles. The highest BCUT2D eigenvalue weighted by Gasteiger charge is 2.26. The number of nitrogens with zero attached hydrogens (tertiary/aromatic N) is 2. The zero-order chi connectivity index (χ0) is 10.3. The van der Waals surface area contributed by atoms with Crippen LogP contribution in [0.4, 0.5) is 0 Å². The number of likely N-dealkylation sites (tertiary alicyclic amines) is 1. The van der Waals surface area contributed by atoms with Crippen LogP contribution in [0.15, 0.2) is 4.52 Å². The molecule has 1 fully saturated rings. The highest BCUT2D eigenvalue weighted by atomic mass is 16.5. The summed E-state index contributed by atoms with van der Waals surface area (Å²) in [7, 11) is 2.19. The Morgan fingerprint density at radius 3 is 3.27 bits per heavy atom. The summed E-state index contributed by atoms with van der Waals surface area (Å²) in [5, 5.41) is 7.42. The van der Waals surface area contributed by atoms with Crippen molar-refractivity contribution in [3.05, 3.63) is 17.0 Å². The first-order valence-electron chi connectivity index (χ1n) is 5.68. The van der Waals surface area contributed by atoms with Gasteiger partial charge in [0.15, 0.2) is 0 Å². The second kappa shape index (κ2) is 3.61. The number of rotatable bonds is 2. The molecule has 82 valence electrons. The Kier molecular flexibility index (Phi) is 2.25. The number of hydrogen-bond acceptors (Lipinski definition) is 4. The van der Waals surface area contributed by atoms with Crippen LogP contribution in [0.2, 0.25) is 0 Å². The van der Waals surface area contributed by atoms with E-state index < -0.39 is 0 Å². The van der Waals surface area contributed by atoms with Gasteiger partial charge in [-0.25, -0.2) is 0 Å². The molecule has 1 aromatic heterocycles. The van der Waals surface area contributed by atoms with Crippen LogP contribution in [0.1, 0.15) is 23.4 Å². The van der Waals surface area contributed by atoms with Gasteiger partial charge in [-0.2, -0.15) is 0 Å². The van der Waals surface area contributed by atoms with E-state index in [2.05, 4.69) is 22.4 Å². The molecule has 4 heteroatoms. The predicted octanol–water partition coefficient (Wildman–Crippen LogP) is 0.772. The second-order valence-corrected chi connectivity index (χ2v) is 4.76. The van der Waals surface area contributed by atoms with Crippen molar-refractivity contribution in [1.29, 1.82) is 0 Å². The van der Waals surface area contributed by atoms with Crippen LogP contribution in [0.3, 0.4) is 0 Å². The lowest BCUT2D eigenvalue weighted by Crippen LogP contribution is -2.15. The van der Waals surface area contributed by atoms with Gasteiger partial charge in [0.2, 0.25) is 0 Å². The van der Waals surface area contributed by atoms with Gasteiger partial charge >= 0.3 is 0 Å². The molecule has 1 atom stereocenters. The van der Waals surface area contributed by atoms with Crippen LogP contribution in [-0.2, 0) is 19.5 Å². The fourth-order valence-corrected chi connectivity index (χ4v) is 2.64. The molecular formula is C11H17N3O. The predicted molar refractivity (Wildman–Crippen MR) is 56.4 cm³/mol. The number of nitrogens with one attached hydrogen (secondary N) is 1. The standard InChI is InChI=1S/C11H17N3O/c1-14-3-2-8(7-14)4-11-9-5-12-6-10(9)13-15-11/h8,12H,2-7H2,1H3. The summed E-state index contributed by atoms with van der Waals surface area (Å²) in [6, 6.07) is 0. The first-order valence-corrected chi connectivity index (χ1v) is 5.68. The average Bonchev–Trinajstić information content (AvgIpc) is 2.85. The van der Waals surface area contributed by atoms with Gasteiger partial charge < -0.3 is 14.7 Å². The summed E-state index contributed by atoms with van der Waals surface area (Å²) in [5.74, 6) is 1.88. The van der Waals surface area contributed by atoms with Crippen LogP contribution < -0.4 is 5.32 Å². The molecule has 15 heavy (non-hydrogen) atoms. The van der Waals surface area contributed by atoms with E-state index in [0.717, 1.165) is 36.9 Å². The third kappa shape index (κ3) is 1.68. The number of aromatic nitrogens is 1. The van der Waals surface area contributed by atoms with E-state index in [4.69, 9.17) is 4.52 Å².